The normalized spacial score (nSPS) is 16.3. The number of nitrogens with one attached hydrogen (secondary N) is 1. The molecule has 1 aromatic carbocycles. The van der Waals surface area contributed by atoms with Crippen molar-refractivity contribution in [3.8, 4) is 11.5 Å². The topological polar surface area (TPSA) is 69.9 Å². The van der Waals surface area contributed by atoms with Crippen LogP contribution in [0.2, 0.25) is 0 Å². The van der Waals surface area contributed by atoms with Crippen molar-refractivity contribution in [2.24, 2.45) is 0 Å². The maximum absolute atomic E-state index is 11.3. The Morgan fingerprint density at radius 3 is 2.91 bits per heavy atom. The minimum atomic E-state index is -0.480. The maximum Gasteiger partial charge on any atom is 0.373 e. The number of hydrogen-bond acceptors (Lipinski definition) is 6. The van der Waals surface area contributed by atoms with Crippen molar-refractivity contribution in [3.63, 3.8) is 0 Å². The molecule has 2 heterocycles. The zero-order valence-corrected chi connectivity index (χ0v) is 12.2. The minimum absolute atomic E-state index is 0.0649. The van der Waals surface area contributed by atoms with E-state index in [9.17, 15) is 4.79 Å². The molecule has 116 valence electrons. The number of carbonyl (C=O) groups is 1. The van der Waals surface area contributed by atoms with Gasteiger partial charge in [-0.3, -0.25) is 0 Å². The summed E-state index contributed by atoms with van der Waals surface area (Å²) in [6, 6.07) is 10.9. The Morgan fingerprint density at radius 2 is 2.09 bits per heavy atom. The number of para-hydroxylation sites is 2. The smallest absolute Gasteiger partial charge is 0.373 e. The summed E-state index contributed by atoms with van der Waals surface area (Å²) in [5.74, 6) is 1.91. The molecule has 0 spiro atoms. The summed E-state index contributed by atoms with van der Waals surface area (Å²) in [6.07, 6.45) is -0.0649. The Morgan fingerprint density at radius 1 is 1.27 bits per heavy atom. The van der Waals surface area contributed by atoms with E-state index in [1.165, 1.54) is 7.11 Å². The first-order valence-electron chi connectivity index (χ1n) is 7.02. The van der Waals surface area contributed by atoms with Gasteiger partial charge in [0.2, 0.25) is 5.76 Å². The second kappa shape index (κ2) is 6.53. The molecular formula is C16H17NO5. The van der Waals surface area contributed by atoms with Crippen LogP contribution in [0, 0.1) is 0 Å². The van der Waals surface area contributed by atoms with E-state index in [1.54, 1.807) is 12.1 Å². The highest BCUT2D eigenvalue weighted by Gasteiger charge is 2.20. The first kappa shape index (κ1) is 14.5. The summed E-state index contributed by atoms with van der Waals surface area (Å²) in [6.45, 7) is 1.61. The van der Waals surface area contributed by atoms with E-state index in [0.717, 1.165) is 11.5 Å². The van der Waals surface area contributed by atoms with E-state index in [-0.39, 0.29) is 11.9 Å². The molecule has 0 saturated carbocycles. The molecule has 22 heavy (non-hydrogen) atoms. The van der Waals surface area contributed by atoms with Crippen LogP contribution in [0.5, 0.6) is 11.5 Å². The Hall–Kier alpha value is -2.47. The van der Waals surface area contributed by atoms with Gasteiger partial charge in [-0.25, -0.2) is 4.79 Å². The van der Waals surface area contributed by atoms with Gasteiger partial charge >= 0.3 is 5.97 Å². The van der Waals surface area contributed by atoms with Crippen molar-refractivity contribution >= 4 is 5.97 Å². The molecule has 0 amide bonds. The predicted molar refractivity (Wildman–Crippen MR) is 78.1 cm³/mol. The first-order valence-corrected chi connectivity index (χ1v) is 7.02. The Labute approximate surface area is 128 Å². The molecule has 1 atom stereocenters. The quantitative estimate of drug-likeness (QED) is 0.852. The van der Waals surface area contributed by atoms with E-state index in [1.807, 2.05) is 24.3 Å². The van der Waals surface area contributed by atoms with Gasteiger partial charge in [0.1, 0.15) is 18.5 Å². The molecule has 0 radical (unpaired) electrons. The van der Waals surface area contributed by atoms with Gasteiger partial charge in [-0.1, -0.05) is 12.1 Å². The number of ether oxygens (including phenoxy) is 3. The zero-order valence-electron chi connectivity index (χ0n) is 12.2. The van der Waals surface area contributed by atoms with E-state index in [4.69, 9.17) is 13.9 Å². The molecule has 6 heteroatoms. The van der Waals surface area contributed by atoms with Crippen molar-refractivity contribution in [2.75, 3.05) is 20.3 Å². The predicted octanol–water partition coefficient (Wildman–Crippen LogP) is 2.00. The van der Waals surface area contributed by atoms with E-state index >= 15 is 0 Å². The second-order valence-corrected chi connectivity index (χ2v) is 4.89. The van der Waals surface area contributed by atoms with E-state index in [2.05, 4.69) is 10.1 Å². The number of benzene rings is 1. The number of furan rings is 1. The molecule has 1 aliphatic heterocycles. The number of rotatable bonds is 5. The van der Waals surface area contributed by atoms with Crippen LogP contribution in [-0.4, -0.2) is 32.3 Å². The molecule has 3 rings (SSSR count). The van der Waals surface area contributed by atoms with Crippen molar-refractivity contribution in [1.82, 2.24) is 5.32 Å². The lowest BCUT2D eigenvalue weighted by Crippen LogP contribution is -2.38. The third-order valence-electron chi connectivity index (χ3n) is 3.29. The third-order valence-corrected chi connectivity index (χ3v) is 3.29. The molecule has 0 saturated heterocycles. The van der Waals surface area contributed by atoms with Crippen LogP contribution in [0.25, 0.3) is 0 Å². The van der Waals surface area contributed by atoms with Gasteiger partial charge in [0.25, 0.3) is 0 Å². The molecule has 1 aromatic heterocycles. The molecule has 0 unspecified atom stereocenters. The van der Waals surface area contributed by atoms with Gasteiger partial charge in [-0.05, 0) is 24.3 Å². The summed E-state index contributed by atoms with van der Waals surface area (Å²) in [5.41, 5.74) is 0. The Kier molecular flexibility index (Phi) is 4.29. The number of esters is 1. The fourth-order valence-electron chi connectivity index (χ4n) is 2.20. The van der Waals surface area contributed by atoms with Crippen LogP contribution in [0.4, 0.5) is 0 Å². The van der Waals surface area contributed by atoms with E-state index < -0.39 is 5.97 Å². The third kappa shape index (κ3) is 3.23. The SMILES string of the molecule is COC(=O)c1ccc(CNC[C@H]2COc3ccccc3O2)o1. The summed E-state index contributed by atoms with van der Waals surface area (Å²) < 4.78 is 21.4. The molecule has 2 aromatic rings. The maximum atomic E-state index is 11.3. The van der Waals surface area contributed by atoms with Crippen molar-refractivity contribution < 1.29 is 23.4 Å². The average Bonchev–Trinajstić information content (AvgIpc) is 3.03. The second-order valence-electron chi connectivity index (χ2n) is 4.89. The summed E-state index contributed by atoms with van der Waals surface area (Å²) in [7, 11) is 1.32. The largest absolute Gasteiger partial charge is 0.486 e. The number of hydrogen-bond donors (Lipinski definition) is 1. The van der Waals surface area contributed by atoms with Crippen LogP contribution in [-0.2, 0) is 11.3 Å². The molecule has 6 nitrogen and oxygen atoms in total. The molecule has 1 aliphatic rings. The van der Waals surface area contributed by atoms with Crippen LogP contribution in [0.1, 0.15) is 16.3 Å². The van der Waals surface area contributed by atoms with Crippen molar-refractivity contribution in [3.05, 3.63) is 47.9 Å². The van der Waals surface area contributed by atoms with Gasteiger partial charge < -0.3 is 23.9 Å². The van der Waals surface area contributed by atoms with Crippen LogP contribution >= 0.6 is 0 Å². The molecule has 0 aliphatic carbocycles. The van der Waals surface area contributed by atoms with Gasteiger partial charge in [-0.2, -0.15) is 0 Å². The van der Waals surface area contributed by atoms with Crippen LogP contribution < -0.4 is 14.8 Å². The van der Waals surface area contributed by atoms with Gasteiger partial charge in [0, 0.05) is 6.54 Å². The highest BCUT2D eigenvalue weighted by Crippen LogP contribution is 2.30. The fraction of sp³-hybridized carbons (Fsp3) is 0.312. The number of carbonyl (C=O) groups excluding carboxylic acids is 1. The first-order chi connectivity index (χ1) is 10.8. The fourth-order valence-corrected chi connectivity index (χ4v) is 2.20. The zero-order chi connectivity index (χ0) is 15.4. The number of methoxy groups -OCH3 is 1. The van der Waals surface area contributed by atoms with Crippen molar-refractivity contribution in [1.29, 1.82) is 0 Å². The monoisotopic (exact) mass is 303 g/mol. The molecular weight excluding hydrogens is 286 g/mol. The van der Waals surface area contributed by atoms with Crippen molar-refractivity contribution in [2.45, 2.75) is 12.6 Å². The number of fused-ring (bicyclic) bond motifs is 1. The van der Waals surface area contributed by atoms with Crippen LogP contribution in [0.15, 0.2) is 40.8 Å². The van der Waals surface area contributed by atoms with Gasteiger partial charge in [-0.15, -0.1) is 0 Å². The summed E-state index contributed by atoms with van der Waals surface area (Å²) in [5, 5.41) is 3.22. The lowest BCUT2D eigenvalue weighted by molar-refractivity contribution is 0.0562. The lowest BCUT2D eigenvalue weighted by atomic mass is 10.2. The lowest BCUT2D eigenvalue weighted by Gasteiger charge is -2.26. The molecule has 0 bridgehead atoms. The standard InChI is InChI=1S/C16H17NO5/c1-19-16(18)15-7-6-11(21-15)8-17-9-12-10-20-13-4-2-3-5-14(13)22-12/h2-7,12,17H,8-10H2,1H3/t12-/m0/s1. The van der Waals surface area contributed by atoms with Gasteiger partial charge in [0.05, 0.1) is 13.7 Å². The van der Waals surface area contributed by atoms with E-state index in [0.29, 0.717) is 25.5 Å². The average molecular weight is 303 g/mol. The summed E-state index contributed by atoms with van der Waals surface area (Å²) >= 11 is 0. The minimum Gasteiger partial charge on any atom is -0.486 e. The summed E-state index contributed by atoms with van der Waals surface area (Å²) in [4.78, 5) is 11.3. The molecule has 0 fully saturated rings. The van der Waals surface area contributed by atoms with Crippen LogP contribution in [0.3, 0.4) is 0 Å². The van der Waals surface area contributed by atoms with Gasteiger partial charge in [0.15, 0.2) is 11.5 Å². The Bertz CT molecular complexity index is 651. The highest BCUT2D eigenvalue weighted by molar-refractivity contribution is 5.86. The Balaban J connectivity index is 1.48. The molecule has 1 N–H and O–H groups in total. The highest BCUT2D eigenvalue weighted by atomic mass is 16.6.